The van der Waals surface area contributed by atoms with Crippen molar-refractivity contribution < 1.29 is 13.2 Å². The number of hydrogen-bond donors (Lipinski definition) is 1. The number of benzene rings is 1. The molecule has 2 rings (SSSR count). The fourth-order valence-electron chi connectivity index (χ4n) is 2.01. The van der Waals surface area contributed by atoms with Crippen LogP contribution in [0.25, 0.3) is 0 Å². The topological polar surface area (TPSA) is 39.1 Å². The lowest BCUT2D eigenvalue weighted by Gasteiger charge is -2.57. The molecule has 0 radical (unpaired) electrons. The first-order valence-corrected chi connectivity index (χ1v) is 5.44. The van der Waals surface area contributed by atoms with Crippen molar-refractivity contribution in [1.82, 2.24) is 5.43 Å². The van der Waals surface area contributed by atoms with Crippen LogP contribution in [0.5, 0.6) is 0 Å². The Labute approximate surface area is 103 Å². The summed E-state index contributed by atoms with van der Waals surface area (Å²) in [4.78, 5) is 0. The molecule has 1 aliphatic heterocycles. The van der Waals surface area contributed by atoms with Crippen molar-refractivity contribution in [1.29, 1.82) is 5.26 Å². The van der Waals surface area contributed by atoms with E-state index in [-0.39, 0.29) is 0 Å². The Morgan fingerprint density at radius 2 is 2.11 bits per heavy atom. The van der Waals surface area contributed by atoms with Crippen molar-refractivity contribution in [3.8, 4) is 6.07 Å². The molecule has 0 aromatic heterocycles. The predicted octanol–water partition coefficient (Wildman–Crippen LogP) is 2.59. The van der Waals surface area contributed by atoms with Gasteiger partial charge >= 0.3 is 6.18 Å². The Kier molecular flexibility index (Phi) is 2.74. The van der Waals surface area contributed by atoms with Gasteiger partial charge in [-0.2, -0.15) is 18.4 Å². The van der Waals surface area contributed by atoms with E-state index in [2.05, 4.69) is 5.43 Å². The number of alkyl halides is 3. The van der Waals surface area contributed by atoms with Crippen LogP contribution in [0.2, 0.25) is 0 Å². The Morgan fingerprint density at radius 3 is 2.61 bits per heavy atom. The summed E-state index contributed by atoms with van der Waals surface area (Å²) in [6.07, 6.45) is -4.35. The normalized spacial score (nSPS) is 27.6. The van der Waals surface area contributed by atoms with E-state index < -0.39 is 17.8 Å². The Morgan fingerprint density at radius 1 is 1.44 bits per heavy atom. The molecule has 0 amide bonds. The van der Waals surface area contributed by atoms with E-state index in [1.165, 1.54) is 13.0 Å². The third kappa shape index (κ3) is 1.63. The lowest BCUT2D eigenvalue weighted by molar-refractivity contribution is -0.211. The van der Waals surface area contributed by atoms with Crippen LogP contribution in [0.1, 0.15) is 19.4 Å². The van der Waals surface area contributed by atoms with Crippen molar-refractivity contribution >= 4 is 5.69 Å². The fourth-order valence-corrected chi connectivity index (χ4v) is 2.01. The maximum absolute atomic E-state index is 13.1. The van der Waals surface area contributed by atoms with Crippen LogP contribution in [-0.2, 0) is 0 Å². The molecule has 2 atom stereocenters. The first-order chi connectivity index (χ1) is 8.30. The molecule has 0 spiro atoms. The minimum absolute atomic E-state index is 0.332. The van der Waals surface area contributed by atoms with Gasteiger partial charge in [-0.15, -0.1) is 0 Å². The monoisotopic (exact) mass is 255 g/mol. The van der Waals surface area contributed by atoms with Gasteiger partial charge in [0.2, 0.25) is 0 Å². The zero-order valence-corrected chi connectivity index (χ0v) is 9.92. The van der Waals surface area contributed by atoms with Crippen LogP contribution in [0.4, 0.5) is 18.9 Å². The van der Waals surface area contributed by atoms with Crippen molar-refractivity contribution in [2.75, 3.05) is 5.01 Å². The molecule has 96 valence electrons. The third-order valence-electron chi connectivity index (χ3n) is 3.44. The highest BCUT2D eigenvalue weighted by atomic mass is 19.4. The summed E-state index contributed by atoms with van der Waals surface area (Å²) in [7, 11) is 0. The van der Waals surface area contributed by atoms with E-state index in [9.17, 15) is 13.2 Å². The number of nitrogens with zero attached hydrogens (tertiary/aromatic N) is 2. The Bertz CT molecular complexity index is 506. The number of nitrogens with one attached hydrogen (secondary N) is 1. The lowest BCUT2D eigenvalue weighted by Crippen LogP contribution is -2.82. The van der Waals surface area contributed by atoms with Gasteiger partial charge in [0.1, 0.15) is 0 Å². The molecular formula is C12H12F3N3. The maximum atomic E-state index is 13.1. The first kappa shape index (κ1) is 12.7. The van der Waals surface area contributed by atoms with Gasteiger partial charge in [-0.05, 0) is 32.0 Å². The number of anilines is 1. The second-order valence-corrected chi connectivity index (χ2v) is 4.49. The van der Waals surface area contributed by atoms with Crippen molar-refractivity contribution in [3.05, 3.63) is 29.8 Å². The van der Waals surface area contributed by atoms with E-state index in [1.54, 1.807) is 18.2 Å². The highest BCUT2D eigenvalue weighted by molar-refractivity contribution is 5.56. The molecule has 1 aliphatic rings. The average molecular weight is 255 g/mol. The smallest absolute Gasteiger partial charge is 0.291 e. The van der Waals surface area contributed by atoms with Crippen molar-refractivity contribution in [2.45, 2.75) is 31.6 Å². The maximum Gasteiger partial charge on any atom is 0.414 e. The highest BCUT2D eigenvalue weighted by Gasteiger charge is 2.65. The lowest BCUT2D eigenvalue weighted by atomic mass is 9.86. The quantitative estimate of drug-likeness (QED) is 0.838. The van der Waals surface area contributed by atoms with Gasteiger partial charge < -0.3 is 0 Å². The zero-order chi connectivity index (χ0) is 13.6. The summed E-state index contributed by atoms with van der Waals surface area (Å²) in [5.41, 5.74) is 1.43. The van der Waals surface area contributed by atoms with Gasteiger partial charge in [0, 0.05) is 0 Å². The number of halogens is 3. The van der Waals surface area contributed by atoms with E-state index in [0.29, 0.717) is 11.3 Å². The molecule has 1 unspecified atom stereocenters. The van der Waals surface area contributed by atoms with E-state index in [0.717, 1.165) is 11.9 Å². The van der Waals surface area contributed by atoms with E-state index in [4.69, 9.17) is 5.26 Å². The number of hydrogen-bond acceptors (Lipinski definition) is 3. The molecule has 18 heavy (non-hydrogen) atoms. The van der Waals surface area contributed by atoms with Crippen LogP contribution in [-0.4, -0.2) is 17.8 Å². The van der Waals surface area contributed by atoms with Gasteiger partial charge in [-0.1, -0.05) is 6.07 Å². The average Bonchev–Trinajstić information content (AvgIpc) is 2.33. The highest BCUT2D eigenvalue weighted by Crippen LogP contribution is 2.44. The summed E-state index contributed by atoms with van der Waals surface area (Å²) >= 11 is 0. The summed E-state index contributed by atoms with van der Waals surface area (Å²) in [5, 5.41) is 9.83. The number of hydrazine groups is 1. The van der Waals surface area contributed by atoms with E-state index >= 15 is 0 Å². The minimum Gasteiger partial charge on any atom is -0.291 e. The van der Waals surface area contributed by atoms with Gasteiger partial charge in [0.15, 0.2) is 5.54 Å². The molecule has 3 nitrogen and oxygen atoms in total. The molecule has 0 bridgehead atoms. The molecule has 1 aromatic carbocycles. The van der Waals surface area contributed by atoms with Gasteiger partial charge in [-0.3, -0.25) is 5.01 Å². The van der Waals surface area contributed by atoms with Crippen molar-refractivity contribution in [3.63, 3.8) is 0 Å². The molecule has 1 N–H and O–H groups in total. The molecule has 1 saturated heterocycles. The SMILES string of the molecule is C[C@@H]1NN(c2cccc(C#N)c2)C1(C)C(F)(F)F. The molecule has 1 aromatic rings. The van der Waals surface area contributed by atoms with Crippen molar-refractivity contribution in [2.24, 2.45) is 0 Å². The van der Waals surface area contributed by atoms with Crippen LogP contribution >= 0.6 is 0 Å². The second kappa shape index (κ2) is 3.89. The number of nitriles is 1. The first-order valence-electron chi connectivity index (χ1n) is 5.44. The zero-order valence-electron chi connectivity index (χ0n) is 9.92. The van der Waals surface area contributed by atoms with Gasteiger partial charge in [0.25, 0.3) is 0 Å². The van der Waals surface area contributed by atoms with Gasteiger partial charge in [0.05, 0.1) is 23.4 Å². The van der Waals surface area contributed by atoms with Crippen LogP contribution in [0.3, 0.4) is 0 Å². The second-order valence-electron chi connectivity index (χ2n) is 4.49. The van der Waals surface area contributed by atoms with Gasteiger partial charge in [-0.25, -0.2) is 5.43 Å². The van der Waals surface area contributed by atoms with Crippen LogP contribution in [0, 0.1) is 11.3 Å². The predicted molar refractivity (Wildman–Crippen MR) is 60.7 cm³/mol. The number of rotatable bonds is 1. The fraction of sp³-hybridized carbons (Fsp3) is 0.417. The summed E-state index contributed by atoms with van der Waals surface area (Å²) in [6, 6.07) is 7.30. The molecule has 0 aliphatic carbocycles. The van der Waals surface area contributed by atoms with E-state index in [1.807, 2.05) is 6.07 Å². The summed E-state index contributed by atoms with van der Waals surface area (Å²) in [6.45, 7) is 2.63. The molecule has 0 saturated carbocycles. The van der Waals surface area contributed by atoms with Crippen LogP contribution < -0.4 is 10.4 Å². The third-order valence-corrected chi connectivity index (χ3v) is 3.44. The molecule has 1 heterocycles. The standard InChI is InChI=1S/C12H12F3N3/c1-8-11(2,12(13,14)15)18(17-8)10-5-3-4-9(6-10)7-16/h3-6,8,17H,1-2H3/t8-,11?/m0/s1. The van der Waals surface area contributed by atoms with Crippen LogP contribution in [0.15, 0.2) is 24.3 Å². The summed E-state index contributed by atoms with van der Waals surface area (Å²) < 4.78 is 39.3. The largest absolute Gasteiger partial charge is 0.414 e. The Hall–Kier alpha value is -1.74. The molecular weight excluding hydrogens is 243 g/mol. The minimum atomic E-state index is -4.35. The Balaban J connectivity index is 2.38. The molecule has 1 fully saturated rings. The molecule has 6 heteroatoms. The summed E-state index contributed by atoms with van der Waals surface area (Å²) in [5.74, 6) is 0.